The summed E-state index contributed by atoms with van der Waals surface area (Å²) in [6.07, 6.45) is 8.72. The Morgan fingerprint density at radius 2 is 2.00 bits per heavy atom. The van der Waals surface area contributed by atoms with Crippen LogP contribution in [0.25, 0.3) is 0 Å². The Bertz CT molecular complexity index is 106. The van der Waals surface area contributed by atoms with Crippen molar-refractivity contribution in [2.24, 2.45) is 5.92 Å². The summed E-state index contributed by atoms with van der Waals surface area (Å²) in [7, 11) is 0. The van der Waals surface area contributed by atoms with Crippen LogP contribution < -0.4 is 0 Å². The van der Waals surface area contributed by atoms with Crippen LogP contribution in [0.2, 0.25) is 0 Å². The highest BCUT2D eigenvalue weighted by Gasteiger charge is 2.12. The SMILES string of the molecule is O=COC[CH]C1CCCCC1. The fraction of sp³-hybridized carbons (Fsp3) is 0.778. The predicted octanol–water partition coefficient (Wildman–Crippen LogP) is 1.94. The van der Waals surface area contributed by atoms with Gasteiger partial charge in [-0.05, 0) is 5.92 Å². The highest BCUT2D eigenvalue weighted by atomic mass is 16.5. The van der Waals surface area contributed by atoms with E-state index < -0.39 is 0 Å². The van der Waals surface area contributed by atoms with Crippen molar-refractivity contribution >= 4 is 6.47 Å². The molecular weight excluding hydrogens is 140 g/mol. The summed E-state index contributed by atoms with van der Waals surface area (Å²) < 4.78 is 4.60. The Hall–Kier alpha value is -0.530. The lowest BCUT2D eigenvalue weighted by molar-refractivity contribution is -0.128. The molecular formula is C9H15O2. The average Bonchev–Trinajstić information content (AvgIpc) is 2.07. The molecule has 0 N–H and O–H groups in total. The van der Waals surface area contributed by atoms with Gasteiger partial charge in [-0.2, -0.15) is 0 Å². The molecule has 1 aliphatic rings. The first kappa shape index (κ1) is 8.57. The highest BCUT2D eigenvalue weighted by Crippen LogP contribution is 2.25. The normalized spacial score (nSPS) is 19.6. The number of carbonyl (C=O) groups is 1. The van der Waals surface area contributed by atoms with Crippen LogP contribution in [0.1, 0.15) is 32.1 Å². The van der Waals surface area contributed by atoms with Crippen LogP contribution in [-0.2, 0) is 9.53 Å². The second kappa shape index (κ2) is 5.16. The Kier molecular flexibility index (Phi) is 4.02. The maximum atomic E-state index is 9.80. The Labute approximate surface area is 67.9 Å². The number of carbonyl (C=O) groups excluding carboxylic acids is 1. The third-order valence-corrected chi connectivity index (χ3v) is 2.24. The van der Waals surface area contributed by atoms with Gasteiger partial charge in [-0.3, -0.25) is 4.79 Å². The van der Waals surface area contributed by atoms with Crippen molar-refractivity contribution in [1.29, 1.82) is 0 Å². The molecule has 1 fully saturated rings. The van der Waals surface area contributed by atoms with Crippen molar-refractivity contribution in [3.05, 3.63) is 6.42 Å². The van der Waals surface area contributed by atoms with E-state index in [2.05, 4.69) is 11.2 Å². The van der Waals surface area contributed by atoms with Crippen molar-refractivity contribution in [3.63, 3.8) is 0 Å². The summed E-state index contributed by atoms with van der Waals surface area (Å²) in [5.41, 5.74) is 0. The first-order chi connectivity index (χ1) is 5.43. The van der Waals surface area contributed by atoms with Crippen molar-refractivity contribution in [2.45, 2.75) is 32.1 Å². The van der Waals surface area contributed by atoms with E-state index in [4.69, 9.17) is 0 Å². The molecule has 1 aliphatic carbocycles. The third kappa shape index (κ3) is 3.40. The number of hydrogen-bond donors (Lipinski definition) is 0. The van der Waals surface area contributed by atoms with Crippen LogP contribution in [0.5, 0.6) is 0 Å². The van der Waals surface area contributed by atoms with Gasteiger partial charge < -0.3 is 4.74 Å². The first-order valence-electron chi connectivity index (χ1n) is 4.32. The average molecular weight is 155 g/mol. The van der Waals surface area contributed by atoms with Gasteiger partial charge in [0.25, 0.3) is 6.47 Å². The minimum Gasteiger partial charge on any atom is -0.468 e. The summed E-state index contributed by atoms with van der Waals surface area (Å²) >= 11 is 0. The fourth-order valence-electron chi connectivity index (χ4n) is 1.60. The van der Waals surface area contributed by atoms with E-state index in [0.717, 1.165) is 0 Å². The Morgan fingerprint density at radius 1 is 1.27 bits per heavy atom. The van der Waals surface area contributed by atoms with Gasteiger partial charge in [-0.25, -0.2) is 0 Å². The first-order valence-corrected chi connectivity index (χ1v) is 4.32. The maximum Gasteiger partial charge on any atom is 0.293 e. The van der Waals surface area contributed by atoms with E-state index in [1.54, 1.807) is 0 Å². The topological polar surface area (TPSA) is 26.3 Å². The van der Waals surface area contributed by atoms with E-state index in [-0.39, 0.29) is 0 Å². The van der Waals surface area contributed by atoms with E-state index in [1.165, 1.54) is 32.1 Å². The number of hydrogen-bond acceptors (Lipinski definition) is 2. The molecule has 11 heavy (non-hydrogen) atoms. The van der Waals surface area contributed by atoms with Gasteiger partial charge in [0.2, 0.25) is 0 Å². The zero-order valence-corrected chi connectivity index (χ0v) is 6.79. The van der Waals surface area contributed by atoms with Crippen molar-refractivity contribution in [1.82, 2.24) is 0 Å². The van der Waals surface area contributed by atoms with E-state index in [0.29, 0.717) is 19.0 Å². The van der Waals surface area contributed by atoms with Gasteiger partial charge in [0.05, 0.1) is 6.61 Å². The molecule has 1 saturated carbocycles. The molecule has 63 valence electrons. The monoisotopic (exact) mass is 155 g/mol. The largest absolute Gasteiger partial charge is 0.468 e. The standard InChI is InChI=1S/C9H15O2/c10-8-11-7-6-9-4-2-1-3-5-9/h6,8-9H,1-5,7H2. The molecule has 0 aromatic rings. The molecule has 0 aliphatic heterocycles. The van der Waals surface area contributed by atoms with Gasteiger partial charge in [0.1, 0.15) is 0 Å². The summed E-state index contributed by atoms with van der Waals surface area (Å²) in [5, 5.41) is 0. The molecule has 2 heteroatoms. The molecule has 0 bridgehead atoms. The summed E-state index contributed by atoms with van der Waals surface area (Å²) in [6, 6.07) is 0. The smallest absolute Gasteiger partial charge is 0.293 e. The molecule has 1 radical (unpaired) electrons. The third-order valence-electron chi connectivity index (χ3n) is 2.24. The molecule has 2 nitrogen and oxygen atoms in total. The second-order valence-corrected chi connectivity index (χ2v) is 3.06. The van der Waals surface area contributed by atoms with E-state index in [9.17, 15) is 4.79 Å². The van der Waals surface area contributed by atoms with Crippen LogP contribution in [-0.4, -0.2) is 13.1 Å². The van der Waals surface area contributed by atoms with Crippen molar-refractivity contribution in [3.8, 4) is 0 Å². The molecule has 0 unspecified atom stereocenters. The molecule has 0 heterocycles. The summed E-state index contributed by atoms with van der Waals surface area (Å²) in [5.74, 6) is 0.698. The van der Waals surface area contributed by atoms with E-state index in [1.807, 2.05) is 0 Å². The summed E-state index contributed by atoms with van der Waals surface area (Å²) in [6.45, 7) is 1.01. The van der Waals surface area contributed by atoms with E-state index >= 15 is 0 Å². The van der Waals surface area contributed by atoms with Gasteiger partial charge in [0.15, 0.2) is 0 Å². The molecule has 0 spiro atoms. The molecule has 0 atom stereocenters. The quantitative estimate of drug-likeness (QED) is 0.458. The van der Waals surface area contributed by atoms with Crippen LogP contribution in [0.3, 0.4) is 0 Å². The van der Waals surface area contributed by atoms with Crippen molar-refractivity contribution < 1.29 is 9.53 Å². The minimum absolute atomic E-state index is 0.494. The van der Waals surface area contributed by atoms with Crippen LogP contribution >= 0.6 is 0 Å². The minimum atomic E-state index is 0.494. The van der Waals surface area contributed by atoms with Crippen molar-refractivity contribution in [2.75, 3.05) is 6.61 Å². The Balaban J connectivity index is 2.00. The fourth-order valence-corrected chi connectivity index (χ4v) is 1.60. The second-order valence-electron chi connectivity index (χ2n) is 3.06. The number of rotatable bonds is 4. The lowest BCUT2D eigenvalue weighted by Gasteiger charge is -2.20. The maximum absolute atomic E-state index is 9.80. The predicted molar refractivity (Wildman–Crippen MR) is 42.9 cm³/mol. The number of ether oxygens (including phenoxy) is 1. The summed E-state index contributed by atoms with van der Waals surface area (Å²) in [4.78, 5) is 9.80. The lowest BCUT2D eigenvalue weighted by atomic mass is 9.87. The molecule has 0 aromatic heterocycles. The van der Waals surface area contributed by atoms with Crippen LogP contribution in [0.15, 0.2) is 0 Å². The van der Waals surface area contributed by atoms with Gasteiger partial charge >= 0.3 is 0 Å². The lowest BCUT2D eigenvalue weighted by Crippen LogP contribution is -2.09. The highest BCUT2D eigenvalue weighted by molar-refractivity contribution is 5.37. The molecule has 0 saturated heterocycles. The van der Waals surface area contributed by atoms with Gasteiger partial charge in [-0.15, -0.1) is 0 Å². The van der Waals surface area contributed by atoms with Gasteiger partial charge in [-0.1, -0.05) is 32.1 Å². The Morgan fingerprint density at radius 3 is 2.64 bits per heavy atom. The molecule has 1 rings (SSSR count). The van der Waals surface area contributed by atoms with Crippen LogP contribution in [0, 0.1) is 12.3 Å². The van der Waals surface area contributed by atoms with Gasteiger partial charge in [0, 0.05) is 6.42 Å². The molecule has 0 amide bonds. The zero-order valence-electron chi connectivity index (χ0n) is 6.79. The zero-order chi connectivity index (χ0) is 7.94. The van der Waals surface area contributed by atoms with Crippen LogP contribution in [0.4, 0.5) is 0 Å². The molecule has 0 aromatic carbocycles.